The topological polar surface area (TPSA) is 103 Å². The fourth-order valence-electron chi connectivity index (χ4n) is 2.69. The van der Waals surface area contributed by atoms with Gasteiger partial charge in [0.25, 0.3) is 10.0 Å². The molecule has 0 fully saturated rings. The van der Waals surface area contributed by atoms with E-state index in [1.165, 1.54) is 44.6 Å². The Morgan fingerprint density at radius 3 is 2.45 bits per heavy atom. The van der Waals surface area contributed by atoms with Gasteiger partial charge in [0.05, 0.1) is 24.6 Å². The van der Waals surface area contributed by atoms with Gasteiger partial charge < -0.3 is 13.9 Å². The summed E-state index contributed by atoms with van der Waals surface area (Å²) in [5, 5.41) is 0. The molecule has 0 saturated carbocycles. The number of hydrogen-bond donors (Lipinski definition) is 0. The molecular formula is C19H19NO7S2. The summed E-state index contributed by atoms with van der Waals surface area (Å²) >= 11 is 0.824. The number of anilines is 1. The molecule has 0 bridgehead atoms. The molecule has 0 aliphatic heterocycles. The first-order valence-electron chi connectivity index (χ1n) is 8.54. The zero-order chi connectivity index (χ0) is 21.3. The number of methoxy groups -OCH3 is 2. The SMILES string of the molecule is COc1ccc(OC)c(S(=O)(=O)N(C(=O)C(C)C)c2ccc3oc(=O)sc3c2)c1. The van der Waals surface area contributed by atoms with Crippen LogP contribution in [0.5, 0.6) is 11.5 Å². The van der Waals surface area contributed by atoms with E-state index in [-0.39, 0.29) is 16.3 Å². The number of hydrogen-bond acceptors (Lipinski definition) is 8. The molecule has 3 aromatic rings. The van der Waals surface area contributed by atoms with Crippen LogP contribution in [-0.2, 0) is 14.8 Å². The number of amides is 1. The molecule has 3 rings (SSSR count). The second kappa shape index (κ2) is 7.88. The van der Waals surface area contributed by atoms with Gasteiger partial charge in [-0.2, -0.15) is 0 Å². The van der Waals surface area contributed by atoms with Crippen molar-refractivity contribution in [1.29, 1.82) is 0 Å². The highest BCUT2D eigenvalue weighted by Gasteiger charge is 2.35. The number of carbonyl (C=O) groups is 1. The summed E-state index contributed by atoms with van der Waals surface area (Å²) in [4.78, 5) is 23.7. The molecule has 29 heavy (non-hydrogen) atoms. The standard InChI is InChI=1S/C19H19NO7S2/c1-11(2)18(21)20(12-5-7-14-16(9-12)28-19(22)27-14)29(23,24)17-10-13(25-3)6-8-15(17)26-4/h5-11H,1-4H3. The first-order chi connectivity index (χ1) is 13.7. The van der Waals surface area contributed by atoms with Crippen LogP contribution in [0.2, 0.25) is 0 Å². The number of benzene rings is 2. The summed E-state index contributed by atoms with van der Waals surface area (Å²) in [6.07, 6.45) is 0. The Balaban J connectivity index is 2.26. The van der Waals surface area contributed by atoms with Crippen LogP contribution >= 0.6 is 11.3 Å². The first-order valence-corrected chi connectivity index (χ1v) is 10.8. The van der Waals surface area contributed by atoms with Gasteiger partial charge >= 0.3 is 4.94 Å². The zero-order valence-corrected chi connectivity index (χ0v) is 17.8. The summed E-state index contributed by atoms with van der Waals surface area (Å²) in [6.45, 7) is 3.20. The molecule has 1 heterocycles. The number of fused-ring (bicyclic) bond motifs is 1. The fraction of sp³-hybridized carbons (Fsp3) is 0.263. The van der Waals surface area contributed by atoms with E-state index in [4.69, 9.17) is 13.9 Å². The minimum atomic E-state index is -4.36. The number of ether oxygens (including phenoxy) is 2. The molecule has 0 atom stereocenters. The highest BCUT2D eigenvalue weighted by molar-refractivity contribution is 7.93. The van der Waals surface area contributed by atoms with Crippen LogP contribution in [-0.4, -0.2) is 28.5 Å². The smallest absolute Gasteiger partial charge is 0.396 e. The predicted molar refractivity (Wildman–Crippen MR) is 109 cm³/mol. The summed E-state index contributed by atoms with van der Waals surface area (Å²) < 4.78 is 43.6. The van der Waals surface area contributed by atoms with Gasteiger partial charge in [-0.05, 0) is 30.3 Å². The largest absolute Gasteiger partial charge is 0.497 e. The first kappa shape index (κ1) is 20.9. The molecule has 0 aliphatic rings. The van der Waals surface area contributed by atoms with Crippen molar-refractivity contribution in [3.05, 3.63) is 46.1 Å². The second-order valence-electron chi connectivity index (χ2n) is 6.36. The van der Waals surface area contributed by atoms with Gasteiger partial charge in [-0.3, -0.25) is 4.79 Å². The molecule has 0 N–H and O–H groups in total. The Morgan fingerprint density at radius 1 is 1.10 bits per heavy atom. The number of sulfonamides is 1. The highest BCUT2D eigenvalue weighted by atomic mass is 32.2. The van der Waals surface area contributed by atoms with E-state index in [9.17, 15) is 18.0 Å². The molecule has 154 valence electrons. The maximum absolute atomic E-state index is 13.6. The predicted octanol–water partition coefficient (Wildman–Crippen LogP) is 3.25. The van der Waals surface area contributed by atoms with Crippen molar-refractivity contribution in [2.45, 2.75) is 18.7 Å². The maximum atomic E-state index is 13.6. The van der Waals surface area contributed by atoms with Crippen molar-refractivity contribution < 1.29 is 27.1 Å². The van der Waals surface area contributed by atoms with Crippen LogP contribution in [0, 0.1) is 5.92 Å². The van der Waals surface area contributed by atoms with Crippen molar-refractivity contribution in [2.24, 2.45) is 5.92 Å². The summed E-state index contributed by atoms with van der Waals surface area (Å²) in [7, 11) is -1.62. The number of carbonyl (C=O) groups excluding carboxylic acids is 1. The van der Waals surface area contributed by atoms with Crippen LogP contribution in [0.4, 0.5) is 5.69 Å². The number of rotatable bonds is 6. The van der Waals surface area contributed by atoms with Gasteiger partial charge in [0.15, 0.2) is 0 Å². The van der Waals surface area contributed by atoms with Crippen molar-refractivity contribution in [2.75, 3.05) is 18.5 Å². The van der Waals surface area contributed by atoms with Gasteiger partial charge in [0.2, 0.25) is 5.91 Å². The van der Waals surface area contributed by atoms with E-state index in [0.717, 1.165) is 15.6 Å². The lowest BCUT2D eigenvalue weighted by molar-refractivity contribution is -0.120. The van der Waals surface area contributed by atoms with Crippen LogP contribution in [0.25, 0.3) is 10.3 Å². The lowest BCUT2D eigenvalue weighted by Gasteiger charge is -2.25. The normalized spacial score (nSPS) is 11.6. The van der Waals surface area contributed by atoms with Gasteiger partial charge in [-0.1, -0.05) is 25.2 Å². The van der Waals surface area contributed by atoms with Crippen molar-refractivity contribution >= 4 is 43.2 Å². The summed E-state index contributed by atoms with van der Waals surface area (Å²) in [5.74, 6) is -0.878. The molecule has 0 aliphatic carbocycles. The quantitative estimate of drug-likeness (QED) is 0.583. The average Bonchev–Trinajstić information content (AvgIpc) is 3.06. The van der Waals surface area contributed by atoms with E-state index in [1.54, 1.807) is 19.9 Å². The monoisotopic (exact) mass is 437 g/mol. The van der Waals surface area contributed by atoms with Crippen molar-refractivity contribution in [3.8, 4) is 11.5 Å². The molecule has 1 aromatic heterocycles. The Labute approximate surface area is 171 Å². The molecule has 0 unspecified atom stereocenters. The third kappa shape index (κ3) is 3.85. The third-order valence-corrected chi connectivity index (χ3v) is 6.67. The van der Waals surface area contributed by atoms with Crippen LogP contribution in [0.15, 0.2) is 50.5 Å². The van der Waals surface area contributed by atoms with E-state index in [1.807, 2.05) is 0 Å². The lowest BCUT2D eigenvalue weighted by Crippen LogP contribution is -2.39. The summed E-state index contributed by atoms with van der Waals surface area (Å²) in [6, 6.07) is 8.62. The van der Waals surface area contributed by atoms with E-state index in [0.29, 0.717) is 16.0 Å². The molecule has 2 aromatic carbocycles. The van der Waals surface area contributed by atoms with Crippen molar-refractivity contribution in [3.63, 3.8) is 0 Å². The van der Waals surface area contributed by atoms with Crippen LogP contribution < -0.4 is 18.7 Å². The molecule has 8 nitrogen and oxygen atoms in total. The average molecular weight is 437 g/mol. The van der Waals surface area contributed by atoms with Gasteiger partial charge in [0.1, 0.15) is 22.0 Å². The van der Waals surface area contributed by atoms with E-state index < -0.39 is 26.8 Å². The molecule has 1 amide bonds. The zero-order valence-electron chi connectivity index (χ0n) is 16.2. The Bertz CT molecular complexity index is 1220. The molecular weight excluding hydrogens is 418 g/mol. The number of nitrogens with zero attached hydrogens (tertiary/aromatic N) is 1. The Hall–Kier alpha value is -2.85. The molecule has 0 saturated heterocycles. The highest BCUT2D eigenvalue weighted by Crippen LogP contribution is 2.35. The van der Waals surface area contributed by atoms with E-state index in [2.05, 4.69) is 0 Å². The third-order valence-electron chi connectivity index (χ3n) is 4.13. The molecule has 10 heteroatoms. The lowest BCUT2D eigenvalue weighted by atomic mass is 10.2. The molecule has 0 spiro atoms. The van der Waals surface area contributed by atoms with Crippen LogP contribution in [0.3, 0.4) is 0 Å². The Morgan fingerprint density at radius 2 is 1.83 bits per heavy atom. The molecule has 0 radical (unpaired) electrons. The van der Waals surface area contributed by atoms with Gasteiger partial charge in [-0.15, -0.1) is 0 Å². The maximum Gasteiger partial charge on any atom is 0.396 e. The fourth-order valence-corrected chi connectivity index (χ4v) is 5.10. The summed E-state index contributed by atoms with van der Waals surface area (Å²) in [5.41, 5.74) is 0.412. The van der Waals surface area contributed by atoms with Crippen molar-refractivity contribution in [1.82, 2.24) is 0 Å². The van der Waals surface area contributed by atoms with Gasteiger partial charge in [0, 0.05) is 12.0 Å². The van der Waals surface area contributed by atoms with E-state index >= 15 is 0 Å². The minimum Gasteiger partial charge on any atom is -0.497 e. The minimum absolute atomic E-state index is 0.0707. The Kier molecular flexibility index (Phi) is 5.67. The van der Waals surface area contributed by atoms with Gasteiger partial charge in [-0.25, -0.2) is 17.5 Å². The second-order valence-corrected chi connectivity index (χ2v) is 9.10. The van der Waals surface area contributed by atoms with Crippen LogP contribution in [0.1, 0.15) is 13.8 Å².